The summed E-state index contributed by atoms with van der Waals surface area (Å²) in [5.74, 6) is -0.744. The van der Waals surface area contributed by atoms with E-state index in [2.05, 4.69) is 10.6 Å². The van der Waals surface area contributed by atoms with Crippen molar-refractivity contribution in [1.82, 2.24) is 0 Å². The smallest absolute Gasteiger partial charge is 0.255 e. The van der Waals surface area contributed by atoms with Crippen molar-refractivity contribution in [2.75, 3.05) is 10.6 Å². The van der Waals surface area contributed by atoms with Gasteiger partial charge in [-0.15, -0.1) is 0 Å². The summed E-state index contributed by atoms with van der Waals surface area (Å²) in [6, 6.07) is 15.6. The van der Waals surface area contributed by atoms with Gasteiger partial charge in [0.15, 0.2) is 0 Å². The first-order chi connectivity index (χ1) is 10.5. The molecule has 0 bridgehead atoms. The van der Waals surface area contributed by atoms with Crippen LogP contribution in [0.25, 0.3) is 0 Å². The minimum Gasteiger partial charge on any atom is -0.326 e. The second-order valence-corrected chi connectivity index (χ2v) is 4.82. The predicted molar refractivity (Wildman–Crippen MR) is 84.8 cm³/mol. The number of nitrogens with one attached hydrogen (secondary N) is 2. The number of benzene rings is 2. The number of Topliss-reactive ketones (excluding diaryl/α,β-unsaturated/α-hetero) is 1. The summed E-state index contributed by atoms with van der Waals surface area (Å²) in [7, 11) is 0. The minimum atomic E-state index is -0.353. The van der Waals surface area contributed by atoms with E-state index in [0.29, 0.717) is 16.9 Å². The van der Waals surface area contributed by atoms with Crippen molar-refractivity contribution < 1.29 is 14.4 Å². The third-order valence-electron chi connectivity index (χ3n) is 2.87. The van der Waals surface area contributed by atoms with Gasteiger partial charge in [-0.25, -0.2) is 0 Å². The van der Waals surface area contributed by atoms with Crippen molar-refractivity contribution in [2.24, 2.45) is 0 Å². The summed E-state index contributed by atoms with van der Waals surface area (Å²) in [6.45, 7) is 1.36. The molecule has 0 heterocycles. The second kappa shape index (κ2) is 7.17. The molecule has 0 spiro atoms. The average Bonchev–Trinajstić information content (AvgIpc) is 2.49. The Balaban J connectivity index is 1.96. The molecule has 2 N–H and O–H groups in total. The summed E-state index contributed by atoms with van der Waals surface area (Å²) in [5, 5.41) is 5.38. The Morgan fingerprint density at radius 3 is 1.91 bits per heavy atom. The van der Waals surface area contributed by atoms with Crippen molar-refractivity contribution in [3.05, 3.63) is 60.2 Å². The monoisotopic (exact) mass is 296 g/mol. The van der Waals surface area contributed by atoms with E-state index >= 15 is 0 Å². The van der Waals surface area contributed by atoms with E-state index in [1.807, 2.05) is 6.07 Å². The number of carbonyl (C=O) groups excluding carboxylic acids is 3. The molecule has 0 aromatic heterocycles. The van der Waals surface area contributed by atoms with Crippen molar-refractivity contribution >= 4 is 29.0 Å². The number of carbonyl (C=O) groups is 3. The van der Waals surface area contributed by atoms with E-state index in [0.717, 1.165) is 0 Å². The van der Waals surface area contributed by atoms with Crippen LogP contribution < -0.4 is 10.6 Å². The van der Waals surface area contributed by atoms with Gasteiger partial charge in [0, 0.05) is 16.9 Å². The molecule has 2 rings (SSSR count). The molecule has 0 saturated carbocycles. The van der Waals surface area contributed by atoms with Gasteiger partial charge in [-0.05, 0) is 43.3 Å². The number of rotatable bonds is 5. The summed E-state index contributed by atoms with van der Waals surface area (Å²) < 4.78 is 0. The zero-order chi connectivity index (χ0) is 15.9. The van der Waals surface area contributed by atoms with Gasteiger partial charge in [0.2, 0.25) is 5.91 Å². The Morgan fingerprint density at radius 1 is 0.818 bits per heavy atom. The molecule has 22 heavy (non-hydrogen) atoms. The van der Waals surface area contributed by atoms with Crippen LogP contribution in [0, 0.1) is 0 Å². The third-order valence-corrected chi connectivity index (χ3v) is 2.87. The van der Waals surface area contributed by atoms with Crippen LogP contribution in [0.4, 0.5) is 11.4 Å². The van der Waals surface area contributed by atoms with Crippen LogP contribution in [-0.2, 0) is 9.59 Å². The van der Waals surface area contributed by atoms with Crippen LogP contribution in [-0.4, -0.2) is 17.6 Å². The molecule has 2 aromatic rings. The highest BCUT2D eigenvalue weighted by Crippen LogP contribution is 2.15. The van der Waals surface area contributed by atoms with E-state index < -0.39 is 0 Å². The molecule has 2 amide bonds. The number of ketones is 1. The van der Waals surface area contributed by atoms with Crippen molar-refractivity contribution in [2.45, 2.75) is 13.3 Å². The highest BCUT2D eigenvalue weighted by atomic mass is 16.2. The lowest BCUT2D eigenvalue weighted by atomic mass is 10.2. The topological polar surface area (TPSA) is 75.3 Å². The van der Waals surface area contributed by atoms with Gasteiger partial charge in [-0.2, -0.15) is 0 Å². The quantitative estimate of drug-likeness (QED) is 0.833. The fourth-order valence-electron chi connectivity index (χ4n) is 1.86. The van der Waals surface area contributed by atoms with Crippen molar-refractivity contribution in [3.63, 3.8) is 0 Å². The highest BCUT2D eigenvalue weighted by Gasteiger charge is 2.07. The number of hydrogen-bond acceptors (Lipinski definition) is 3. The second-order valence-electron chi connectivity index (χ2n) is 4.82. The summed E-state index contributed by atoms with van der Waals surface area (Å²) in [5.41, 5.74) is 1.77. The molecule has 0 unspecified atom stereocenters. The largest absolute Gasteiger partial charge is 0.326 e. The van der Waals surface area contributed by atoms with Gasteiger partial charge >= 0.3 is 0 Å². The Morgan fingerprint density at radius 2 is 1.36 bits per heavy atom. The maximum absolute atomic E-state index is 12.0. The molecule has 0 aliphatic rings. The van der Waals surface area contributed by atoms with Gasteiger partial charge in [0.05, 0.1) is 6.42 Å². The van der Waals surface area contributed by atoms with Crippen LogP contribution in [0.3, 0.4) is 0 Å². The maximum atomic E-state index is 12.0. The molecule has 5 nitrogen and oxygen atoms in total. The third kappa shape index (κ3) is 4.56. The van der Waals surface area contributed by atoms with Gasteiger partial charge in [0.1, 0.15) is 5.78 Å². The fourth-order valence-corrected chi connectivity index (χ4v) is 1.86. The molecule has 0 atom stereocenters. The first-order valence-electron chi connectivity index (χ1n) is 6.80. The fraction of sp³-hybridized carbons (Fsp3) is 0.118. The molecular formula is C17H16N2O3. The lowest BCUT2D eigenvalue weighted by Gasteiger charge is -2.07. The van der Waals surface area contributed by atoms with Gasteiger partial charge < -0.3 is 10.6 Å². The zero-order valence-corrected chi connectivity index (χ0v) is 12.1. The van der Waals surface area contributed by atoms with E-state index in [1.54, 1.807) is 48.5 Å². The van der Waals surface area contributed by atoms with Crippen LogP contribution in [0.1, 0.15) is 23.7 Å². The number of amides is 2. The minimum absolute atomic E-state index is 0.146. The average molecular weight is 296 g/mol. The van der Waals surface area contributed by atoms with Gasteiger partial charge in [0.25, 0.3) is 5.91 Å². The van der Waals surface area contributed by atoms with Crippen LogP contribution >= 0.6 is 0 Å². The van der Waals surface area contributed by atoms with E-state index in [4.69, 9.17) is 0 Å². The van der Waals surface area contributed by atoms with E-state index in [-0.39, 0.29) is 24.0 Å². The normalized spacial score (nSPS) is 9.86. The predicted octanol–water partition coefficient (Wildman–Crippen LogP) is 2.86. The summed E-state index contributed by atoms with van der Waals surface area (Å²) in [4.78, 5) is 34.3. The molecule has 112 valence electrons. The van der Waals surface area contributed by atoms with Crippen LogP contribution in [0.15, 0.2) is 54.6 Å². The Bertz CT molecular complexity index is 679. The number of hydrogen-bond donors (Lipinski definition) is 2. The Hall–Kier alpha value is -2.95. The maximum Gasteiger partial charge on any atom is 0.255 e. The summed E-state index contributed by atoms with van der Waals surface area (Å²) >= 11 is 0. The molecule has 0 fully saturated rings. The zero-order valence-electron chi connectivity index (χ0n) is 12.1. The lowest BCUT2D eigenvalue weighted by molar-refractivity contribution is -0.124. The molecular weight excluding hydrogens is 280 g/mol. The van der Waals surface area contributed by atoms with Crippen LogP contribution in [0.5, 0.6) is 0 Å². The number of anilines is 2. The lowest BCUT2D eigenvalue weighted by Crippen LogP contribution is -2.15. The van der Waals surface area contributed by atoms with Crippen LogP contribution in [0.2, 0.25) is 0 Å². The van der Waals surface area contributed by atoms with Gasteiger partial charge in [-0.1, -0.05) is 18.2 Å². The summed E-state index contributed by atoms with van der Waals surface area (Å²) in [6.07, 6.45) is -0.146. The van der Waals surface area contributed by atoms with E-state index in [1.165, 1.54) is 6.92 Å². The molecule has 0 radical (unpaired) electrons. The molecule has 5 heteroatoms. The standard InChI is InChI=1S/C17H16N2O3/c1-12(20)11-16(21)18-14-7-9-15(10-8-14)19-17(22)13-5-3-2-4-6-13/h2-10H,11H2,1H3,(H,18,21)(H,19,22). The molecule has 0 aliphatic heterocycles. The SMILES string of the molecule is CC(=O)CC(=O)Nc1ccc(NC(=O)c2ccccc2)cc1. The Labute approximate surface area is 128 Å². The Kier molecular flexibility index (Phi) is 5.03. The molecule has 2 aromatic carbocycles. The first kappa shape index (κ1) is 15.4. The van der Waals surface area contributed by atoms with E-state index in [9.17, 15) is 14.4 Å². The van der Waals surface area contributed by atoms with Gasteiger partial charge in [-0.3, -0.25) is 14.4 Å². The molecule has 0 saturated heterocycles. The van der Waals surface area contributed by atoms with Crippen molar-refractivity contribution in [1.29, 1.82) is 0 Å². The van der Waals surface area contributed by atoms with Crippen molar-refractivity contribution in [3.8, 4) is 0 Å². The highest BCUT2D eigenvalue weighted by molar-refractivity contribution is 6.05. The first-order valence-corrected chi connectivity index (χ1v) is 6.80. The molecule has 0 aliphatic carbocycles.